The zero-order chi connectivity index (χ0) is 19.0. The molecule has 0 aliphatic rings. The fourth-order valence-corrected chi connectivity index (χ4v) is 3.15. The van der Waals surface area contributed by atoms with E-state index in [0.717, 1.165) is 15.2 Å². The van der Waals surface area contributed by atoms with Gasteiger partial charge in [0.2, 0.25) is 0 Å². The fourth-order valence-electron chi connectivity index (χ4n) is 2.81. The zero-order valence-corrected chi connectivity index (χ0v) is 15.5. The minimum atomic E-state index is -0.684. The number of pyridine rings is 1. The van der Waals surface area contributed by atoms with Crippen LogP contribution >= 0.6 is 15.9 Å². The summed E-state index contributed by atoms with van der Waals surface area (Å²) in [6, 6.07) is 15.2. The number of ether oxygens (including phenoxy) is 1. The van der Waals surface area contributed by atoms with Crippen LogP contribution in [0.3, 0.4) is 0 Å². The van der Waals surface area contributed by atoms with E-state index in [0.29, 0.717) is 11.3 Å². The number of phenols is 1. The van der Waals surface area contributed by atoms with E-state index in [9.17, 15) is 14.7 Å². The topological polar surface area (TPSA) is 80.9 Å². The monoisotopic (exact) mass is 424 g/mol. The maximum Gasteiger partial charge on any atom is 0.342 e. The lowest BCUT2D eigenvalue weighted by Crippen LogP contribution is -2.16. The third-order valence-electron chi connectivity index (χ3n) is 4.11. The Balaban J connectivity index is 1.59. The highest BCUT2D eigenvalue weighted by Gasteiger charge is 2.15. The van der Waals surface area contributed by atoms with Crippen LogP contribution in [0.1, 0.15) is 16.1 Å². The van der Waals surface area contributed by atoms with Gasteiger partial charge < -0.3 is 9.84 Å². The number of benzene rings is 2. The Morgan fingerprint density at radius 1 is 1.11 bits per heavy atom. The molecule has 4 rings (SSSR count). The molecule has 0 amide bonds. The van der Waals surface area contributed by atoms with Gasteiger partial charge in [0.25, 0.3) is 5.56 Å². The lowest BCUT2D eigenvalue weighted by Gasteiger charge is -2.08. The van der Waals surface area contributed by atoms with Crippen LogP contribution in [0.4, 0.5) is 0 Å². The maximum atomic E-state index is 12.4. The molecule has 0 unspecified atom stereocenters. The second kappa shape index (κ2) is 6.85. The molecule has 0 spiro atoms. The number of aromatic nitrogens is 2. The van der Waals surface area contributed by atoms with Crippen LogP contribution in [0.2, 0.25) is 0 Å². The summed E-state index contributed by atoms with van der Waals surface area (Å²) >= 11 is 3.30. The van der Waals surface area contributed by atoms with Crippen molar-refractivity contribution < 1.29 is 14.6 Å². The van der Waals surface area contributed by atoms with Crippen LogP contribution in [-0.4, -0.2) is 20.5 Å². The first-order valence-corrected chi connectivity index (χ1v) is 8.87. The molecule has 7 heteroatoms. The van der Waals surface area contributed by atoms with Crippen molar-refractivity contribution in [2.75, 3.05) is 0 Å². The Morgan fingerprint density at radius 3 is 2.63 bits per heavy atom. The van der Waals surface area contributed by atoms with Gasteiger partial charge in [0, 0.05) is 16.7 Å². The first-order valence-electron chi connectivity index (χ1n) is 8.08. The van der Waals surface area contributed by atoms with Crippen molar-refractivity contribution in [2.45, 2.75) is 6.61 Å². The van der Waals surface area contributed by atoms with E-state index in [2.05, 4.69) is 20.9 Å². The summed E-state index contributed by atoms with van der Waals surface area (Å²) < 4.78 is 7.40. The number of halogens is 1. The first-order chi connectivity index (χ1) is 13.0. The molecule has 0 aliphatic carbocycles. The van der Waals surface area contributed by atoms with Crippen molar-refractivity contribution in [2.24, 2.45) is 0 Å². The fraction of sp³-hybridized carbons (Fsp3) is 0.0500. The standard InChI is InChI=1S/C20H13BrN2O4/c21-14-5-6-18-22-15(9-19(25)23(18)10-14)11-27-20(26)16-7-12-3-1-2-4-13(12)8-17(16)24/h1-10,24H,11H2. The Hall–Kier alpha value is -3.19. The van der Waals surface area contributed by atoms with Gasteiger partial charge in [-0.1, -0.05) is 24.3 Å². The van der Waals surface area contributed by atoms with Crippen molar-refractivity contribution in [1.82, 2.24) is 9.38 Å². The highest BCUT2D eigenvalue weighted by molar-refractivity contribution is 9.10. The Kier molecular flexibility index (Phi) is 4.37. The van der Waals surface area contributed by atoms with Crippen molar-refractivity contribution in [3.63, 3.8) is 0 Å². The number of hydrogen-bond acceptors (Lipinski definition) is 5. The molecule has 27 heavy (non-hydrogen) atoms. The maximum absolute atomic E-state index is 12.4. The molecule has 0 aliphatic heterocycles. The lowest BCUT2D eigenvalue weighted by molar-refractivity contribution is 0.0464. The van der Waals surface area contributed by atoms with Crippen LogP contribution in [0.25, 0.3) is 16.4 Å². The van der Waals surface area contributed by atoms with Gasteiger partial charge in [0.05, 0.1) is 5.69 Å². The number of esters is 1. The van der Waals surface area contributed by atoms with Crippen molar-refractivity contribution >= 4 is 38.3 Å². The Bertz CT molecular complexity index is 1250. The second-order valence-corrected chi connectivity index (χ2v) is 6.87. The third-order valence-corrected chi connectivity index (χ3v) is 4.58. The van der Waals surface area contributed by atoms with E-state index in [1.165, 1.54) is 16.5 Å². The van der Waals surface area contributed by atoms with Crippen molar-refractivity contribution in [3.8, 4) is 5.75 Å². The predicted octanol–water partition coefficient (Wildman–Crippen LogP) is 3.67. The lowest BCUT2D eigenvalue weighted by atomic mass is 10.1. The summed E-state index contributed by atoms with van der Waals surface area (Å²) in [7, 11) is 0. The Morgan fingerprint density at radius 2 is 1.85 bits per heavy atom. The molecular formula is C20H13BrN2O4. The van der Waals surface area contributed by atoms with Gasteiger partial charge in [-0.05, 0) is 51.0 Å². The minimum Gasteiger partial charge on any atom is -0.507 e. The van der Waals surface area contributed by atoms with Gasteiger partial charge in [-0.15, -0.1) is 0 Å². The van der Waals surface area contributed by atoms with E-state index in [4.69, 9.17) is 4.74 Å². The molecule has 0 radical (unpaired) electrons. The SMILES string of the molecule is O=C(OCc1cc(=O)n2cc(Br)ccc2n1)c1cc2ccccc2cc1O. The van der Waals surface area contributed by atoms with E-state index < -0.39 is 5.97 Å². The van der Waals surface area contributed by atoms with Crippen LogP contribution in [0, 0.1) is 0 Å². The third kappa shape index (κ3) is 3.41. The largest absolute Gasteiger partial charge is 0.507 e. The molecule has 6 nitrogen and oxygen atoms in total. The first kappa shape index (κ1) is 17.2. The van der Waals surface area contributed by atoms with Crippen LogP contribution in [0.5, 0.6) is 5.75 Å². The van der Waals surface area contributed by atoms with Gasteiger partial charge in [0.1, 0.15) is 23.6 Å². The number of phenolic OH excluding ortho intramolecular Hbond substituents is 1. The molecule has 2 heterocycles. The molecule has 0 bridgehead atoms. The zero-order valence-electron chi connectivity index (χ0n) is 13.9. The summed E-state index contributed by atoms with van der Waals surface area (Å²) in [6.07, 6.45) is 1.62. The molecule has 1 N–H and O–H groups in total. The summed E-state index contributed by atoms with van der Waals surface area (Å²) in [6.45, 7) is -0.174. The van der Waals surface area contributed by atoms with E-state index in [1.807, 2.05) is 24.3 Å². The molecule has 134 valence electrons. The van der Waals surface area contributed by atoms with Crippen molar-refractivity contribution in [1.29, 1.82) is 0 Å². The van der Waals surface area contributed by atoms with E-state index in [1.54, 1.807) is 24.4 Å². The highest BCUT2D eigenvalue weighted by Crippen LogP contribution is 2.25. The molecule has 2 aromatic carbocycles. The van der Waals surface area contributed by atoms with Gasteiger partial charge >= 0.3 is 5.97 Å². The highest BCUT2D eigenvalue weighted by atomic mass is 79.9. The number of aromatic hydroxyl groups is 1. The van der Waals surface area contributed by atoms with Crippen LogP contribution in [-0.2, 0) is 11.3 Å². The summed E-state index contributed by atoms with van der Waals surface area (Å²) in [4.78, 5) is 28.9. The molecule has 4 aromatic rings. The van der Waals surface area contributed by atoms with E-state index >= 15 is 0 Å². The average Bonchev–Trinajstić information content (AvgIpc) is 2.66. The number of nitrogens with zero attached hydrogens (tertiary/aromatic N) is 2. The number of fused-ring (bicyclic) bond motifs is 2. The second-order valence-electron chi connectivity index (χ2n) is 5.95. The predicted molar refractivity (Wildman–Crippen MR) is 104 cm³/mol. The molecule has 0 saturated carbocycles. The normalized spacial score (nSPS) is 11.0. The molecule has 2 aromatic heterocycles. The summed E-state index contributed by atoms with van der Waals surface area (Å²) in [5.74, 6) is -0.842. The van der Waals surface area contributed by atoms with Gasteiger partial charge in [-0.2, -0.15) is 0 Å². The van der Waals surface area contributed by atoms with Crippen LogP contribution < -0.4 is 5.56 Å². The molecule has 0 fully saturated rings. The van der Waals surface area contributed by atoms with Gasteiger partial charge in [-0.25, -0.2) is 9.78 Å². The minimum absolute atomic E-state index is 0.0649. The van der Waals surface area contributed by atoms with Crippen LogP contribution in [0.15, 0.2) is 70.1 Å². The summed E-state index contributed by atoms with van der Waals surface area (Å²) in [5.41, 5.74) is 0.567. The summed E-state index contributed by atoms with van der Waals surface area (Å²) in [5, 5.41) is 11.7. The molecule has 0 atom stereocenters. The molecule has 0 saturated heterocycles. The number of carbonyl (C=O) groups excluding carboxylic acids is 1. The molecular weight excluding hydrogens is 412 g/mol. The van der Waals surface area contributed by atoms with E-state index in [-0.39, 0.29) is 23.5 Å². The van der Waals surface area contributed by atoms with Gasteiger partial charge in [-0.3, -0.25) is 9.20 Å². The van der Waals surface area contributed by atoms with Crippen molar-refractivity contribution in [3.05, 3.63) is 86.9 Å². The smallest absolute Gasteiger partial charge is 0.342 e. The number of carbonyl (C=O) groups is 1. The van der Waals surface area contributed by atoms with Gasteiger partial charge in [0.15, 0.2) is 0 Å². The quantitative estimate of drug-likeness (QED) is 0.507. The number of rotatable bonds is 3. The average molecular weight is 425 g/mol. The number of hydrogen-bond donors (Lipinski definition) is 1. The Labute approximate surface area is 161 Å².